The van der Waals surface area contributed by atoms with Crippen molar-refractivity contribution in [1.82, 2.24) is 4.90 Å². The number of carbonyl (C=O) groups is 1. The second-order valence-corrected chi connectivity index (χ2v) is 5.71. The van der Waals surface area contributed by atoms with Gasteiger partial charge in [-0.25, -0.2) is 4.79 Å². The fourth-order valence-electron chi connectivity index (χ4n) is 2.51. The first kappa shape index (κ1) is 14.5. The summed E-state index contributed by atoms with van der Waals surface area (Å²) < 4.78 is 0. The molecule has 0 aliphatic carbocycles. The third-order valence-electron chi connectivity index (χ3n) is 3.47. The van der Waals surface area contributed by atoms with E-state index in [9.17, 15) is 4.79 Å². The van der Waals surface area contributed by atoms with Crippen molar-refractivity contribution in [2.24, 2.45) is 0 Å². The molecule has 1 atom stereocenters. The Morgan fingerprint density at radius 3 is 2.63 bits per heavy atom. The third kappa shape index (κ3) is 3.77. The summed E-state index contributed by atoms with van der Waals surface area (Å²) in [6, 6.07) is 5.33. The number of nitrogens with one attached hydrogen (secondary N) is 1. The molecule has 2 rings (SSSR count). The van der Waals surface area contributed by atoms with Gasteiger partial charge in [0.1, 0.15) is 0 Å². The van der Waals surface area contributed by atoms with Crippen molar-refractivity contribution in [1.29, 1.82) is 0 Å². The van der Waals surface area contributed by atoms with Gasteiger partial charge >= 0.3 is 6.03 Å². The molecule has 0 saturated carbocycles. The highest BCUT2D eigenvalue weighted by molar-refractivity contribution is 6.35. The van der Waals surface area contributed by atoms with E-state index in [-0.39, 0.29) is 6.03 Å². The number of anilines is 1. The van der Waals surface area contributed by atoms with Gasteiger partial charge in [0.25, 0.3) is 0 Å². The number of piperidine rings is 1. The standard InChI is InChI=1S/C14H18Cl2N2O/c1-2-13-5-3-4-6-18(13)14(19)17-12-8-10(15)7-11(16)9-12/h7-9,13H,2-6H2,1H3,(H,17,19). The Morgan fingerprint density at radius 2 is 2.00 bits per heavy atom. The highest BCUT2D eigenvalue weighted by Gasteiger charge is 2.25. The lowest BCUT2D eigenvalue weighted by Crippen LogP contribution is -2.45. The van der Waals surface area contributed by atoms with Crippen molar-refractivity contribution < 1.29 is 4.79 Å². The first-order valence-electron chi connectivity index (χ1n) is 6.64. The zero-order valence-electron chi connectivity index (χ0n) is 11.0. The van der Waals surface area contributed by atoms with Crippen LogP contribution in [0.4, 0.5) is 10.5 Å². The maximum atomic E-state index is 12.3. The molecule has 104 valence electrons. The summed E-state index contributed by atoms with van der Waals surface area (Å²) in [7, 11) is 0. The van der Waals surface area contributed by atoms with Crippen LogP contribution >= 0.6 is 23.2 Å². The number of rotatable bonds is 2. The number of benzene rings is 1. The number of hydrogen-bond donors (Lipinski definition) is 1. The highest BCUT2D eigenvalue weighted by Crippen LogP contribution is 2.24. The highest BCUT2D eigenvalue weighted by atomic mass is 35.5. The van der Waals surface area contributed by atoms with Crippen LogP contribution in [0.5, 0.6) is 0 Å². The number of amides is 2. The molecule has 1 aromatic carbocycles. The van der Waals surface area contributed by atoms with Crippen LogP contribution in [0.1, 0.15) is 32.6 Å². The average molecular weight is 301 g/mol. The normalized spacial score (nSPS) is 19.3. The van der Waals surface area contributed by atoms with Crippen LogP contribution in [0.25, 0.3) is 0 Å². The monoisotopic (exact) mass is 300 g/mol. The lowest BCUT2D eigenvalue weighted by molar-refractivity contribution is 0.160. The van der Waals surface area contributed by atoms with Crippen molar-refractivity contribution in [3.05, 3.63) is 28.2 Å². The molecule has 2 amide bonds. The zero-order valence-corrected chi connectivity index (χ0v) is 12.5. The molecule has 1 saturated heterocycles. The number of hydrogen-bond acceptors (Lipinski definition) is 1. The van der Waals surface area contributed by atoms with Crippen molar-refractivity contribution in [3.8, 4) is 0 Å². The van der Waals surface area contributed by atoms with E-state index in [0.717, 1.165) is 25.8 Å². The number of carbonyl (C=O) groups excluding carboxylic acids is 1. The molecule has 19 heavy (non-hydrogen) atoms. The van der Waals surface area contributed by atoms with Gasteiger partial charge in [0.05, 0.1) is 0 Å². The maximum Gasteiger partial charge on any atom is 0.322 e. The summed E-state index contributed by atoms with van der Waals surface area (Å²) in [5, 5.41) is 3.92. The fraction of sp³-hybridized carbons (Fsp3) is 0.500. The van der Waals surface area contributed by atoms with Crippen molar-refractivity contribution in [2.75, 3.05) is 11.9 Å². The zero-order chi connectivity index (χ0) is 13.8. The van der Waals surface area contributed by atoms with E-state index in [1.807, 2.05) is 4.90 Å². The van der Waals surface area contributed by atoms with Gasteiger partial charge in [0, 0.05) is 28.3 Å². The predicted octanol–water partition coefficient (Wildman–Crippen LogP) is 4.79. The molecule has 0 aromatic heterocycles. The van der Waals surface area contributed by atoms with Gasteiger partial charge in [-0.2, -0.15) is 0 Å². The van der Waals surface area contributed by atoms with Gasteiger partial charge in [0.2, 0.25) is 0 Å². The van der Waals surface area contributed by atoms with E-state index >= 15 is 0 Å². The SMILES string of the molecule is CCC1CCCCN1C(=O)Nc1cc(Cl)cc(Cl)c1. The van der Waals surface area contributed by atoms with Crippen molar-refractivity contribution in [3.63, 3.8) is 0 Å². The van der Waals surface area contributed by atoms with E-state index in [1.165, 1.54) is 6.42 Å². The summed E-state index contributed by atoms with van der Waals surface area (Å²) in [4.78, 5) is 14.2. The summed E-state index contributed by atoms with van der Waals surface area (Å²) >= 11 is 11.9. The molecular weight excluding hydrogens is 283 g/mol. The Hall–Kier alpha value is -0.930. The maximum absolute atomic E-state index is 12.3. The Labute approximate surface area is 123 Å². The molecule has 1 fully saturated rings. The van der Waals surface area contributed by atoms with Crippen LogP contribution in [0.2, 0.25) is 10.0 Å². The van der Waals surface area contributed by atoms with E-state index in [0.29, 0.717) is 21.8 Å². The quantitative estimate of drug-likeness (QED) is 0.837. The van der Waals surface area contributed by atoms with Gasteiger partial charge in [-0.3, -0.25) is 0 Å². The minimum absolute atomic E-state index is 0.0649. The van der Waals surface area contributed by atoms with Crippen LogP contribution in [-0.2, 0) is 0 Å². The third-order valence-corrected chi connectivity index (χ3v) is 3.91. The van der Waals surface area contributed by atoms with Crippen LogP contribution in [0, 0.1) is 0 Å². The van der Waals surface area contributed by atoms with Crippen LogP contribution in [0.3, 0.4) is 0 Å². The molecular formula is C14H18Cl2N2O. The number of halogens is 2. The van der Waals surface area contributed by atoms with E-state index < -0.39 is 0 Å². The summed E-state index contributed by atoms with van der Waals surface area (Å²) in [6.45, 7) is 2.94. The molecule has 1 heterocycles. The Morgan fingerprint density at radius 1 is 1.32 bits per heavy atom. The van der Waals surface area contributed by atoms with Crippen molar-refractivity contribution >= 4 is 34.9 Å². The summed E-state index contributed by atoms with van der Waals surface area (Å²) in [6.07, 6.45) is 4.34. The lowest BCUT2D eigenvalue weighted by Gasteiger charge is -2.35. The molecule has 3 nitrogen and oxygen atoms in total. The van der Waals surface area contributed by atoms with Gasteiger partial charge < -0.3 is 10.2 Å². The Bertz CT molecular complexity index is 445. The molecule has 0 spiro atoms. The minimum atomic E-state index is -0.0649. The topological polar surface area (TPSA) is 32.3 Å². The molecule has 5 heteroatoms. The van der Waals surface area contributed by atoms with Gasteiger partial charge in [0.15, 0.2) is 0 Å². The average Bonchev–Trinajstić information content (AvgIpc) is 2.37. The van der Waals surface area contributed by atoms with Gasteiger partial charge in [-0.1, -0.05) is 30.1 Å². The predicted molar refractivity (Wildman–Crippen MR) is 80.1 cm³/mol. The molecule has 1 aliphatic rings. The summed E-state index contributed by atoms with van der Waals surface area (Å²) in [5.74, 6) is 0. The van der Waals surface area contributed by atoms with Crippen LogP contribution in [0.15, 0.2) is 18.2 Å². The Kier molecular flexibility index (Phi) is 4.94. The largest absolute Gasteiger partial charge is 0.322 e. The van der Waals surface area contributed by atoms with E-state index in [2.05, 4.69) is 12.2 Å². The molecule has 0 bridgehead atoms. The van der Waals surface area contributed by atoms with Gasteiger partial charge in [-0.15, -0.1) is 0 Å². The molecule has 1 N–H and O–H groups in total. The first-order chi connectivity index (χ1) is 9.10. The smallest absolute Gasteiger partial charge is 0.322 e. The van der Waals surface area contributed by atoms with Crippen molar-refractivity contribution in [2.45, 2.75) is 38.6 Å². The van der Waals surface area contributed by atoms with Gasteiger partial charge in [-0.05, 0) is 43.9 Å². The fourth-order valence-corrected chi connectivity index (χ4v) is 3.04. The number of nitrogens with zero attached hydrogens (tertiary/aromatic N) is 1. The van der Waals surface area contributed by atoms with Crippen LogP contribution in [-0.4, -0.2) is 23.5 Å². The van der Waals surface area contributed by atoms with E-state index in [4.69, 9.17) is 23.2 Å². The second kappa shape index (κ2) is 6.49. The molecule has 1 aromatic rings. The lowest BCUT2D eigenvalue weighted by atomic mass is 10.0. The molecule has 1 unspecified atom stereocenters. The second-order valence-electron chi connectivity index (χ2n) is 4.84. The Balaban J connectivity index is 2.07. The number of urea groups is 1. The first-order valence-corrected chi connectivity index (χ1v) is 7.39. The molecule has 0 radical (unpaired) electrons. The molecule has 1 aliphatic heterocycles. The minimum Gasteiger partial charge on any atom is -0.322 e. The summed E-state index contributed by atoms with van der Waals surface area (Å²) in [5.41, 5.74) is 0.642. The number of likely N-dealkylation sites (tertiary alicyclic amines) is 1. The van der Waals surface area contributed by atoms with Crippen LogP contribution < -0.4 is 5.32 Å². The van der Waals surface area contributed by atoms with E-state index in [1.54, 1.807) is 18.2 Å².